The van der Waals surface area contributed by atoms with E-state index < -0.39 is 17.9 Å². The van der Waals surface area contributed by atoms with Crippen LogP contribution in [0, 0.1) is 11.8 Å². The number of para-hydroxylation sites is 1. The van der Waals surface area contributed by atoms with Crippen molar-refractivity contribution in [2.24, 2.45) is 17.6 Å². The van der Waals surface area contributed by atoms with E-state index in [2.05, 4.69) is 5.10 Å². The number of aromatic hydroxyl groups is 1. The molecule has 1 saturated carbocycles. The molecular formula is C20H24N4O3. The van der Waals surface area contributed by atoms with Crippen LogP contribution in [-0.2, 0) is 11.2 Å². The zero-order valence-corrected chi connectivity index (χ0v) is 15.3. The first-order valence-corrected chi connectivity index (χ1v) is 9.48. The van der Waals surface area contributed by atoms with Gasteiger partial charge in [-0.25, -0.2) is 4.68 Å². The third-order valence-electron chi connectivity index (χ3n) is 5.96. The summed E-state index contributed by atoms with van der Waals surface area (Å²) in [6.07, 6.45) is 5.22. The fourth-order valence-corrected chi connectivity index (χ4v) is 4.69. The van der Waals surface area contributed by atoms with Crippen LogP contribution in [0.25, 0.3) is 5.69 Å². The van der Waals surface area contributed by atoms with E-state index in [1.54, 1.807) is 0 Å². The molecule has 1 aliphatic heterocycles. The second-order valence-electron chi connectivity index (χ2n) is 7.45. The molecule has 142 valence electrons. The Hall–Kier alpha value is -2.83. The average Bonchev–Trinajstić information content (AvgIpc) is 3.34. The topological polar surface area (TPSA) is 101 Å². The third kappa shape index (κ3) is 2.87. The zero-order chi connectivity index (χ0) is 19.1. The molecule has 7 nitrogen and oxygen atoms in total. The predicted molar refractivity (Wildman–Crippen MR) is 99.5 cm³/mol. The zero-order valence-electron chi connectivity index (χ0n) is 15.3. The van der Waals surface area contributed by atoms with E-state index >= 15 is 0 Å². The van der Waals surface area contributed by atoms with Crippen molar-refractivity contribution in [2.75, 3.05) is 6.54 Å². The Morgan fingerprint density at radius 2 is 2.07 bits per heavy atom. The van der Waals surface area contributed by atoms with E-state index in [-0.39, 0.29) is 17.4 Å². The molecule has 2 aliphatic rings. The monoisotopic (exact) mass is 368 g/mol. The maximum absolute atomic E-state index is 13.1. The number of hydrogen-bond donors (Lipinski definition) is 2. The number of carbonyl (C=O) groups excluding carboxylic acids is 2. The minimum absolute atomic E-state index is 0.0351. The molecule has 3 atom stereocenters. The van der Waals surface area contributed by atoms with Gasteiger partial charge in [0.1, 0.15) is 6.04 Å². The minimum atomic E-state index is -0.613. The van der Waals surface area contributed by atoms with Crippen LogP contribution < -0.4 is 5.73 Å². The number of aryl methyl sites for hydroxylation is 1. The van der Waals surface area contributed by atoms with Gasteiger partial charge in [-0.15, -0.1) is 0 Å². The highest BCUT2D eigenvalue weighted by Crippen LogP contribution is 2.42. The average molecular weight is 368 g/mol. The molecule has 2 heterocycles. The van der Waals surface area contributed by atoms with Gasteiger partial charge in [0.15, 0.2) is 11.4 Å². The molecule has 1 aliphatic carbocycles. The van der Waals surface area contributed by atoms with Crippen molar-refractivity contribution in [1.29, 1.82) is 0 Å². The summed E-state index contributed by atoms with van der Waals surface area (Å²) >= 11 is 0. The Bertz CT molecular complexity index is 891. The summed E-state index contributed by atoms with van der Waals surface area (Å²) < 4.78 is 1.53. The standard InChI is InChI=1S/C20H24N4O3/c1-2-12-6-3-4-9-15(12)24-11-16(25)17(22-24)20(27)23-10-13-7-5-8-14(13)18(23)19(21)26/h3-4,6,9,11,13-14,18,25H,2,5,7-8,10H2,1H3,(H2,21,26). The van der Waals surface area contributed by atoms with Crippen LogP contribution in [0.1, 0.15) is 42.2 Å². The lowest BCUT2D eigenvalue weighted by Crippen LogP contribution is -2.46. The van der Waals surface area contributed by atoms with Gasteiger partial charge in [-0.05, 0) is 42.7 Å². The number of nitrogens with zero attached hydrogens (tertiary/aromatic N) is 3. The van der Waals surface area contributed by atoms with Crippen LogP contribution in [0.3, 0.4) is 0 Å². The minimum Gasteiger partial charge on any atom is -0.504 e. The maximum Gasteiger partial charge on any atom is 0.278 e. The lowest BCUT2D eigenvalue weighted by Gasteiger charge is -2.24. The molecular weight excluding hydrogens is 344 g/mol. The second-order valence-corrected chi connectivity index (χ2v) is 7.45. The van der Waals surface area contributed by atoms with Crippen LogP contribution in [0.4, 0.5) is 0 Å². The number of rotatable bonds is 4. The van der Waals surface area contributed by atoms with Crippen molar-refractivity contribution in [3.05, 3.63) is 41.7 Å². The van der Waals surface area contributed by atoms with Gasteiger partial charge in [0, 0.05) is 6.54 Å². The van der Waals surface area contributed by atoms with Crippen LogP contribution >= 0.6 is 0 Å². The number of amides is 2. The lowest BCUT2D eigenvalue weighted by molar-refractivity contribution is -0.122. The van der Waals surface area contributed by atoms with Crippen molar-refractivity contribution < 1.29 is 14.7 Å². The molecule has 27 heavy (non-hydrogen) atoms. The number of nitrogens with two attached hydrogens (primary N) is 1. The first-order valence-electron chi connectivity index (χ1n) is 9.48. The Labute approximate surface area is 157 Å². The normalized spacial score (nSPS) is 24.2. The first-order chi connectivity index (χ1) is 13.0. The number of carbonyl (C=O) groups is 2. The van der Waals surface area contributed by atoms with Crippen LogP contribution in [0.15, 0.2) is 30.5 Å². The summed E-state index contributed by atoms with van der Waals surface area (Å²) in [6, 6.07) is 7.10. The molecule has 0 radical (unpaired) electrons. The van der Waals surface area contributed by atoms with E-state index in [0.717, 1.165) is 36.9 Å². The number of hydrogen-bond acceptors (Lipinski definition) is 4. The summed E-state index contributed by atoms with van der Waals surface area (Å²) in [4.78, 5) is 26.6. The van der Waals surface area contributed by atoms with Crippen molar-refractivity contribution >= 4 is 11.8 Å². The van der Waals surface area contributed by atoms with E-state index in [1.807, 2.05) is 31.2 Å². The molecule has 2 fully saturated rings. The van der Waals surface area contributed by atoms with Crippen LogP contribution in [-0.4, -0.2) is 44.2 Å². The van der Waals surface area contributed by atoms with Gasteiger partial charge < -0.3 is 15.7 Å². The Morgan fingerprint density at radius 1 is 1.30 bits per heavy atom. The Morgan fingerprint density at radius 3 is 2.81 bits per heavy atom. The Balaban J connectivity index is 1.67. The van der Waals surface area contributed by atoms with Crippen molar-refractivity contribution in [3.8, 4) is 11.4 Å². The fraction of sp³-hybridized carbons (Fsp3) is 0.450. The van der Waals surface area contributed by atoms with Gasteiger partial charge in [-0.1, -0.05) is 31.5 Å². The molecule has 1 aromatic heterocycles. The highest BCUT2D eigenvalue weighted by Gasteiger charge is 2.49. The number of benzene rings is 1. The SMILES string of the molecule is CCc1ccccc1-n1cc(O)c(C(=O)N2CC3CCCC3C2C(N)=O)n1. The quantitative estimate of drug-likeness (QED) is 0.860. The van der Waals surface area contributed by atoms with Gasteiger partial charge in [0.25, 0.3) is 5.91 Å². The highest BCUT2D eigenvalue weighted by atomic mass is 16.3. The van der Waals surface area contributed by atoms with E-state index in [4.69, 9.17) is 5.73 Å². The molecule has 3 N–H and O–H groups in total. The number of aromatic nitrogens is 2. The largest absolute Gasteiger partial charge is 0.504 e. The highest BCUT2D eigenvalue weighted by molar-refractivity contribution is 5.98. The van der Waals surface area contributed by atoms with Gasteiger partial charge in [-0.2, -0.15) is 5.10 Å². The third-order valence-corrected chi connectivity index (χ3v) is 5.96. The summed E-state index contributed by atoms with van der Waals surface area (Å²) in [6.45, 7) is 2.53. The molecule has 0 spiro atoms. The molecule has 4 rings (SSSR count). The van der Waals surface area contributed by atoms with E-state index in [1.165, 1.54) is 15.8 Å². The van der Waals surface area contributed by atoms with E-state index in [0.29, 0.717) is 12.5 Å². The molecule has 0 bridgehead atoms. The summed E-state index contributed by atoms with van der Waals surface area (Å²) in [7, 11) is 0. The van der Waals surface area contributed by atoms with Gasteiger partial charge >= 0.3 is 0 Å². The predicted octanol–water partition coefficient (Wildman–Crippen LogP) is 1.87. The number of primary amides is 1. The van der Waals surface area contributed by atoms with Crippen molar-refractivity contribution in [3.63, 3.8) is 0 Å². The van der Waals surface area contributed by atoms with Crippen LogP contribution in [0.2, 0.25) is 0 Å². The Kier molecular flexibility index (Phi) is 4.37. The van der Waals surface area contributed by atoms with Gasteiger partial charge in [-0.3, -0.25) is 9.59 Å². The molecule has 2 aromatic rings. The lowest BCUT2D eigenvalue weighted by atomic mass is 9.94. The van der Waals surface area contributed by atoms with Crippen LogP contribution in [0.5, 0.6) is 5.75 Å². The second kappa shape index (κ2) is 6.72. The summed E-state index contributed by atoms with van der Waals surface area (Å²) in [5, 5.41) is 14.7. The number of fused-ring (bicyclic) bond motifs is 1. The maximum atomic E-state index is 13.1. The van der Waals surface area contributed by atoms with Gasteiger partial charge in [0.2, 0.25) is 5.91 Å². The summed E-state index contributed by atoms with van der Waals surface area (Å²) in [5.74, 6) is -0.675. The summed E-state index contributed by atoms with van der Waals surface area (Å²) in [5.41, 5.74) is 7.45. The first kappa shape index (κ1) is 17.6. The fourth-order valence-electron chi connectivity index (χ4n) is 4.69. The van der Waals surface area contributed by atoms with Crippen molar-refractivity contribution in [1.82, 2.24) is 14.7 Å². The molecule has 1 saturated heterocycles. The molecule has 2 amide bonds. The van der Waals surface area contributed by atoms with Crippen molar-refractivity contribution in [2.45, 2.75) is 38.6 Å². The molecule has 7 heteroatoms. The molecule has 3 unspecified atom stereocenters. The van der Waals surface area contributed by atoms with Gasteiger partial charge in [0.05, 0.1) is 11.9 Å². The van der Waals surface area contributed by atoms with E-state index in [9.17, 15) is 14.7 Å². The number of likely N-dealkylation sites (tertiary alicyclic amines) is 1. The smallest absolute Gasteiger partial charge is 0.278 e. The molecule has 1 aromatic carbocycles.